The zero-order valence-corrected chi connectivity index (χ0v) is 10.4. The van der Waals surface area contributed by atoms with Crippen molar-refractivity contribution in [2.24, 2.45) is 0 Å². The Morgan fingerprint density at radius 2 is 2.19 bits per heavy atom. The number of rotatable bonds is 5. The van der Waals surface area contributed by atoms with Crippen LogP contribution in [0.1, 0.15) is 23.4 Å². The van der Waals surface area contributed by atoms with Gasteiger partial charge in [-0.15, -0.1) is 10.2 Å². The first-order chi connectivity index (χ1) is 7.56. The first kappa shape index (κ1) is 12.8. The molecule has 0 aliphatic rings. The maximum Gasteiger partial charge on any atom is 0.376 e. The van der Waals surface area contributed by atoms with Crippen molar-refractivity contribution in [2.45, 2.75) is 20.4 Å². The highest BCUT2D eigenvalue weighted by Crippen LogP contribution is 2.03. The van der Waals surface area contributed by atoms with Gasteiger partial charge in [-0.3, -0.25) is 4.21 Å². The fraction of sp³-hybridized carbons (Fsp3) is 0.667. The summed E-state index contributed by atoms with van der Waals surface area (Å²) in [6.45, 7) is 4.22. The maximum atomic E-state index is 11.5. The lowest BCUT2D eigenvalue weighted by molar-refractivity contribution is 0.0506. The summed E-state index contributed by atoms with van der Waals surface area (Å²) in [6, 6.07) is 0. The molecule has 16 heavy (non-hydrogen) atoms. The van der Waals surface area contributed by atoms with Gasteiger partial charge in [0.25, 0.3) is 0 Å². The predicted molar refractivity (Wildman–Crippen MR) is 59.6 cm³/mol. The lowest BCUT2D eigenvalue weighted by Gasteiger charge is -2.06. The van der Waals surface area contributed by atoms with Crippen LogP contribution in [-0.4, -0.2) is 43.6 Å². The highest BCUT2D eigenvalue weighted by atomic mass is 32.2. The van der Waals surface area contributed by atoms with E-state index in [2.05, 4.69) is 10.2 Å². The van der Waals surface area contributed by atoms with Crippen LogP contribution in [0, 0.1) is 6.92 Å². The number of nitrogens with zero attached hydrogens (tertiary/aromatic N) is 3. The van der Waals surface area contributed by atoms with E-state index in [-0.39, 0.29) is 5.82 Å². The molecule has 0 saturated heterocycles. The second-order valence-corrected chi connectivity index (χ2v) is 4.77. The van der Waals surface area contributed by atoms with Crippen LogP contribution in [0.5, 0.6) is 0 Å². The van der Waals surface area contributed by atoms with E-state index in [0.717, 1.165) is 0 Å². The highest BCUT2D eigenvalue weighted by Gasteiger charge is 2.17. The van der Waals surface area contributed by atoms with E-state index >= 15 is 0 Å². The quantitative estimate of drug-likeness (QED) is 0.690. The molecule has 0 radical (unpaired) electrons. The van der Waals surface area contributed by atoms with E-state index in [9.17, 15) is 9.00 Å². The minimum absolute atomic E-state index is 0.171. The van der Waals surface area contributed by atoms with Crippen molar-refractivity contribution in [1.29, 1.82) is 0 Å². The summed E-state index contributed by atoms with van der Waals surface area (Å²) in [5.41, 5.74) is 0. The van der Waals surface area contributed by atoms with Gasteiger partial charge in [0.2, 0.25) is 5.82 Å². The summed E-state index contributed by atoms with van der Waals surface area (Å²) in [4.78, 5) is 11.5. The predicted octanol–water partition coefficient (Wildman–Crippen LogP) is 0.142. The van der Waals surface area contributed by atoms with Crippen molar-refractivity contribution in [2.75, 3.05) is 18.6 Å². The van der Waals surface area contributed by atoms with Crippen LogP contribution in [0.3, 0.4) is 0 Å². The van der Waals surface area contributed by atoms with Gasteiger partial charge in [-0.25, -0.2) is 4.79 Å². The van der Waals surface area contributed by atoms with Crippen LogP contribution in [0.4, 0.5) is 0 Å². The van der Waals surface area contributed by atoms with E-state index in [0.29, 0.717) is 24.7 Å². The van der Waals surface area contributed by atoms with Gasteiger partial charge in [0, 0.05) is 29.4 Å². The number of ether oxygens (including phenoxy) is 1. The number of hydrogen-bond donors (Lipinski definition) is 0. The van der Waals surface area contributed by atoms with E-state index < -0.39 is 16.8 Å². The molecule has 1 unspecified atom stereocenters. The van der Waals surface area contributed by atoms with Crippen molar-refractivity contribution in [1.82, 2.24) is 14.8 Å². The van der Waals surface area contributed by atoms with Crippen molar-refractivity contribution in [3.8, 4) is 0 Å². The molecule has 90 valence electrons. The summed E-state index contributed by atoms with van der Waals surface area (Å²) < 4.78 is 17.5. The Morgan fingerprint density at radius 1 is 1.50 bits per heavy atom. The Balaban J connectivity index is 2.85. The number of carbonyl (C=O) groups is 1. The topological polar surface area (TPSA) is 74.1 Å². The molecule has 0 fully saturated rings. The molecule has 7 heteroatoms. The van der Waals surface area contributed by atoms with E-state index in [1.165, 1.54) is 0 Å². The number of hydrogen-bond acceptors (Lipinski definition) is 5. The van der Waals surface area contributed by atoms with Crippen LogP contribution >= 0.6 is 0 Å². The van der Waals surface area contributed by atoms with Crippen LogP contribution in [0.2, 0.25) is 0 Å². The molecule has 0 saturated carbocycles. The largest absolute Gasteiger partial charge is 0.460 e. The Bertz CT molecular complexity index is 403. The SMILES string of the molecule is CCOC(=O)c1nnc(C)n1CCS(C)=O. The van der Waals surface area contributed by atoms with Crippen LogP contribution in [-0.2, 0) is 22.1 Å². The Labute approximate surface area is 96.5 Å². The molecular weight excluding hydrogens is 230 g/mol. The zero-order chi connectivity index (χ0) is 12.1. The molecule has 1 aromatic rings. The number of carbonyl (C=O) groups excluding carboxylic acids is 1. The van der Waals surface area contributed by atoms with Gasteiger partial charge in [-0.05, 0) is 13.8 Å². The molecule has 1 atom stereocenters. The van der Waals surface area contributed by atoms with Gasteiger partial charge >= 0.3 is 5.97 Å². The van der Waals surface area contributed by atoms with E-state index in [1.807, 2.05) is 0 Å². The van der Waals surface area contributed by atoms with Crippen molar-refractivity contribution >= 4 is 16.8 Å². The standard InChI is InChI=1S/C9H15N3O3S/c1-4-15-9(13)8-11-10-7(2)12(8)5-6-16(3)14/h4-6H2,1-3H3. The molecule has 0 spiro atoms. The van der Waals surface area contributed by atoms with Crippen molar-refractivity contribution < 1.29 is 13.7 Å². The first-order valence-corrected chi connectivity index (χ1v) is 6.66. The fourth-order valence-corrected chi connectivity index (χ4v) is 1.65. The molecule has 6 nitrogen and oxygen atoms in total. The molecule has 0 aliphatic carbocycles. The zero-order valence-electron chi connectivity index (χ0n) is 9.60. The van der Waals surface area contributed by atoms with Gasteiger partial charge in [-0.2, -0.15) is 0 Å². The average molecular weight is 245 g/mol. The van der Waals surface area contributed by atoms with Crippen molar-refractivity contribution in [3.63, 3.8) is 0 Å². The number of esters is 1. The smallest absolute Gasteiger partial charge is 0.376 e. The number of aromatic nitrogens is 3. The van der Waals surface area contributed by atoms with Crippen LogP contribution in [0.15, 0.2) is 0 Å². The van der Waals surface area contributed by atoms with Gasteiger partial charge in [0.05, 0.1) is 6.61 Å². The monoisotopic (exact) mass is 245 g/mol. The summed E-state index contributed by atoms with van der Waals surface area (Å²) >= 11 is 0. The van der Waals surface area contributed by atoms with E-state index in [1.54, 1.807) is 24.7 Å². The summed E-state index contributed by atoms with van der Waals surface area (Å²) in [6.07, 6.45) is 1.61. The van der Waals surface area contributed by atoms with Gasteiger partial charge in [-0.1, -0.05) is 0 Å². The van der Waals surface area contributed by atoms with Gasteiger partial charge in [0.15, 0.2) is 0 Å². The first-order valence-electron chi connectivity index (χ1n) is 4.93. The van der Waals surface area contributed by atoms with E-state index in [4.69, 9.17) is 4.74 Å². The molecule has 0 bridgehead atoms. The molecule has 0 aromatic carbocycles. The summed E-state index contributed by atoms with van der Waals surface area (Å²) in [5.74, 6) is 0.758. The minimum Gasteiger partial charge on any atom is -0.460 e. The normalized spacial score (nSPS) is 12.4. The third-order valence-corrected chi connectivity index (χ3v) is 2.75. The van der Waals surface area contributed by atoms with Crippen molar-refractivity contribution in [3.05, 3.63) is 11.6 Å². The maximum absolute atomic E-state index is 11.5. The summed E-state index contributed by atoms with van der Waals surface area (Å²) in [7, 11) is -0.912. The van der Waals surface area contributed by atoms with Crippen LogP contribution < -0.4 is 0 Å². The molecule has 0 amide bonds. The fourth-order valence-electron chi connectivity index (χ4n) is 1.22. The second kappa shape index (κ2) is 5.74. The minimum atomic E-state index is -0.912. The van der Waals surface area contributed by atoms with Gasteiger partial charge in [0.1, 0.15) is 5.82 Å². The Hall–Kier alpha value is -1.24. The molecule has 1 rings (SSSR count). The Kier molecular flexibility index (Phi) is 4.60. The Morgan fingerprint density at radius 3 is 2.75 bits per heavy atom. The highest BCUT2D eigenvalue weighted by molar-refractivity contribution is 7.84. The molecule has 1 heterocycles. The number of aryl methyl sites for hydroxylation is 1. The molecule has 0 N–H and O–H groups in total. The molecule has 0 aliphatic heterocycles. The third-order valence-electron chi connectivity index (χ3n) is 2.00. The second-order valence-electron chi connectivity index (χ2n) is 3.22. The molecular formula is C9H15N3O3S. The lowest BCUT2D eigenvalue weighted by atomic mass is 10.5. The van der Waals surface area contributed by atoms with Crippen LogP contribution in [0.25, 0.3) is 0 Å². The molecule has 1 aromatic heterocycles. The average Bonchev–Trinajstić information content (AvgIpc) is 2.57. The third kappa shape index (κ3) is 3.13. The van der Waals surface area contributed by atoms with Gasteiger partial charge < -0.3 is 9.30 Å². The summed E-state index contributed by atoms with van der Waals surface area (Å²) in [5, 5.41) is 7.56. The lowest BCUT2D eigenvalue weighted by Crippen LogP contribution is -2.17.